The molecule has 1 aromatic rings. The Labute approximate surface area is 107 Å². The Balaban J connectivity index is 2.42. The Bertz CT molecular complexity index is 537. The summed E-state index contributed by atoms with van der Waals surface area (Å²) in [4.78, 5) is 24.6. The predicted octanol–water partition coefficient (Wildman–Crippen LogP) is 2.28. The zero-order chi connectivity index (χ0) is 12.6. The third-order valence-corrected chi connectivity index (χ3v) is 3.15. The van der Waals surface area contributed by atoms with Crippen LogP contribution in [0.25, 0.3) is 0 Å². The lowest BCUT2D eigenvalue weighted by Gasteiger charge is -2.15. The van der Waals surface area contributed by atoms with Crippen molar-refractivity contribution in [3.8, 4) is 5.75 Å². The summed E-state index contributed by atoms with van der Waals surface area (Å²) < 4.78 is 5.90. The van der Waals surface area contributed by atoms with Gasteiger partial charge in [-0.1, -0.05) is 0 Å². The standard InChI is InChI=1S/C12H10BrNO3/c1-7-5-11(15)14(12(7)16)8-3-4-9(13)10(6-8)17-2/h3-6H,1-2H3. The Hall–Kier alpha value is -1.62. The van der Waals surface area contributed by atoms with Crippen LogP contribution in [0.15, 0.2) is 34.3 Å². The topological polar surface area (TPSA) is 46.6 Å². The molecule has 1 heterocycles. The zero-order valence-corrected chi connectivity index (χ0v) is 10.9. The minimum Gasteiger partial charge on any atom is -0.495 e. The third kappa shape index (κ3) is 1.98. The summed E-state index contributed by atoms with van der Waals surface area (Å²) >= 11 is 3.31. The molecule has 0 aliphatic carbocycles. The third-order valence-electron chi connectivity index (χ3n) is 2.49. The number of hydrogen-bond acceptors (Lipinski definition) is 3. The number of halogens is 1. The van der Waals surface area contributed by atoms with E-state index in [1.165, 1.54) is 13.2 Å². The van der Waals surface area contributed by atoms with Crippen molar-refractivity contribution in [1.29, 1.82) is 0 Å². The summed E-state index contributed by atoms with van der Waals surface area (Å²) in [6.07, 6.45) is 1.33. The van der Waals surface area contributed by atoms with Crippen LogP contribution in [0.2, 0.25) is 0 Å². The number of hydrogen-bond donors (Lipinski definition) is 0. The molecule has 1 aliphatic heterocycles. The van der Waals surface area contributed by atoms with Gasteiger partial charge in [0, 0.05) is 17.7 Å². The molecule has 0 radical (unpaired) electrons. The van der Waals surface area contributed by atoms with Crippen LogP contribution in [0.1, 0.15) is 6.92 Å². The lowest BCUT2D eigenvalue weighted by Crippen LogP contribution is -2.30. The van der Waals surface area contributed by atoms with E-state index >= 15 is 0 Å². The molecule has 17 heavy (non-hydrogen) atoms. The van der Waals surface area contributed by atoms with Gasteiger partial charge in [-0.05, 0) is 35.0 Å². The normalized spacial score (nSPS) is 15.2. The van der Waals surface area contributed by atoms with Gasteiger partial charge in [-0.25, -0.2) is 4.90 Å². The van der Waals surface area contributed by atoms with Crippen LogP contribution < -0.4 is 9.64 Å². The smallest absolute Gasteiger partial charge is 0.261 e. The highest BCUT2D eigenvalue weighted by molar-refractivity contribution is 9.10. The molecule has 0 fully saturated rings. The molecule has 0 atom stereocenters. The van der Waals surface area contributed by atoms with E-state index in [1.807, 2.05) is 0 Å². The van der Waals surface area contributed by atoms with Gasteiger partial charge in [0.05, 0.1) is 17.3 Å². The maximum atomic E-state index is 11.8. The fourth-order valence-corrected chi connectivity index (χ4v) is 2.03. The van der Waals surface area contributed by atoms with Crippen LogP contribution in [0.3, 0.4) is 0 Å². The second-order valence-electron chi connectivity index (χ2n) is 3.62. The van der Waals surface area contributed by atoms with Gasteiger partial charge in [0.2, 0.25) is 0 Å². The number of amides is 2. The summed E-state index contributed by atoms with van der Waals surface area (Å²) in [5, 5.41) is 0. The monoisotopic (exact) mass is 295 g/mol. The van der Waals surface area contributed by atoms with E-state index in [-0.39, 0.29) is 11.8 Å². The van der Waals surface area contributed by atoms with Gasteiger partial charge < -0.3 is 4.74 Å². The number of methoxy groups -OCH3 is 1. The second-order valence-corrected chi connectivity index (χ2v) is 4.48. The first kappa shape index (κ1) is 11.9. The van der Waals surface area contributed by atoms with E-state index in [0.29, 0.717) is 17.0 Å². The van der Waals surface area contributed by atoms with E-state index in [0.717, 1.165) is 9.37 Å². The Morgan fingerprint density at radius 3 is 2.53 bits per heavy atom. The molecule has 0 saturated carbocycles. The van der Waals surface area contributed by atoms with Gasteiger partial charge in [0.1, 0.15) is 5.75 Å². The van der Waals surface area contributed by atoms with Crippen molar-refractivity contribution in [2.24, 2.45) is 0 Å². The number of nitrogens with zero attached hydrogens (tertiary/aromatic N) is 1. The van der Waals surface area contributed by atoms with Gasteiger partial charge in [0.15, 0.2) is 0 Å². The largest absolute Gasteiger partial charge is 0.495 e. The Morgan fingerprint density at radius 2 is 2.00 bits per heavy atom. The number of anilines is 1. The van der Waals surface area contributed by atoms with Crippen molar-refractivity contribution in [1.82, 2.24) is 0 Å². The molecule has 4 nitrogen and oxygen atoms in total. The zero-order valence-electron chi connectivity index (χ0n) is 9.36. The van der Waals surface area contributed by atoms with E-state index in [1.54, 1.807) is 25.1 Å². The van der Waals surface area contributed by atoms with Crippen molar-refractivity contribution >= 4 is 33.4 Å². The molecule has 0 aromatic heterocycles. The average molecular weight is 296 g/mol. The maximum absolute atomic E-state index is 11.8. The van der Waals surface area contributed by atoms with E-state index in [4.69, 9.17) is 4.74 Å². The van der Waals surface area contributed by atoms with Gasteiger partial charge >= 0.3 is 0 Å². The summed E-state index contributed by atoms with van der Waals surface area (Å²) in [6, 6.07) is 5.07. The number of carbonyl (C=O) groups is 2. The Kier molecular flexibility index (Phi) is 3.02. The van der Waals surface area contributed by atoms with Gasteiger partial charge in [-0.2, -0.15) is 0 Å². The fraction of sp³-hybridized carbons (Fsp3) is 0.167. The fourth-order valence-electron chi connectivity index (χ4n) is 1.62. The summed E-state index contributed by atoms with van der Waals surface area (Å²) in [5.74, 6) is -0.0381. The molecule has 0 N–H and O–H groups in total. The SMILES string of the molecule is COc1cc(N2C(=O)C=C(C)C2=O)ccc1Br. The van der Waals surface area contributed by atoms with Crippen LogP contribution in [0.4, 0.5) is 5.69 Å². The molecule has 0 saturated heterocycles. The van der Waals surface area contributed by atoms with E-state index in [9.17, 15) is 9.59 Å². The second kappa shape index (κ2) is 4.33. The van der Waals surface area contributed by atoms with Gasteiger partial charge in [0.25, 0.3) is 11.8 Å². The van der Waals surface area contributed by atoms with Crippen molar-refractivity contribution in [2.75, 3.05) is 12.0 Å². The number of carbonyl (C=O) groups excluding carboxylic acids is 2. The van der Waals surface area contributed by atoms with Crippen molar-refractivity contribution < 1.29 is 14.3 Å². The number of ether oxygens (including phenoxy) is 1. The lowest BCUT2D eigenvalue weighted by atomic mass is 10.2. The number of benzene rings is 1. The first-order chi connectivity index (χ1) is 8.04. The molecule has 5 heteroatoms. The van der Waals surface area contributed by atoms with Crippen LogP contribution in [0, 0.1) is 0 Å². The van der Waals surface area contributed by atoms with Gasteiger partial charge in [-0.15, -0.1) is 0 Å². The summed E-state index contributed by atoms with van der Waals surface area (Å²) in [7, 11) is 1.53. The molecule has 2 amide bonds. The molecular weight excluding hydrogens is 286 g/mol. The molecule has 0 unspecified atom stereocenters. The van der Waals surface area contributed by atoms with E-state index < -0.39 is 0 Å². The molecule has 88 valence electrons. The highest BCUT2D eigenvalue weighted by atomic mass is 79.9. The van der Waals surface area contributed by atoms with Crippen LogP contribution in [-0.2, 0) is 9.59 Å². The van der Waals surface area contributed by atoms with E-state index in [2.05, 4.69) is 15.9 Å². The molecule has 1 aromatic carbocycles. The molecule has 0 bridgehead atoms. The van der Waals surface area contributed by atoms with Crippen molar-refractivity contribution in [2.45, 2.75) is 6.92 Å². The lowest BCUT2D eigenvalue weighted by molar-refractivity contribution is -0.120. The first-order valence-corrected chi connectivity index (χ1v) is 5.74. The Morgan fingerprint density at radius 1 is 1.29 bits per heavy atom. The minimum absolute atomic E-state index is 0.292. The quantitative estimate of drug-likeness (QED) is 0.787. The minimum atomic E-state index is -0.322. The average Bonchev–Trinajstić information content (AvgIpc) is 2.55. The molecule has 0 spiro atoms. The summed E-state index contributed by atoms with van der Waals surface area (Å²) in [5.41, 5.74) is 0.949. The van der Waals surface area contributed by atoms with Crippen LogP contribution >= 0.6 is 15.9 Å². The first-order valence-electron chi connectivity index (χ1n) is 4.95. The van der Waals surface area contributed by atoms with Crippen LogP contribution in [-0.4, -0.2) is 18.9 Å². The molecule has 2 rings (SSSR count). The number of imide groups is 1. The van der Waals surface area contributed by atoms with Crippen LogP contribution in [0.5, 0.6) is 5.75 Å². The molecular formula is C12H10BrNO3. The predicted molar refractivity (Wildman–Crippen MR) is 66.9 cm³/mol. The maximum Gasteiger partial charge on any atom is 0.261 e. The number of rotatable bonds is 2. The highest BCUT2D eigenvalue weighted by Gasteiger charge is 2.30. The van der Waals surface area contributed by atoms with Crippen molar-refractivity contribution in [3.05, 3.63) is 34.3 Å². The van der Waals surface area contributed by atoms with Crippen molar-refractivity contribution in [3.63, 3.8) is 0 Å². The summed E-state index contributed by atoms with van der Waals surface area (Å²) in [6.45, 7) is 1.62. The van der Waals surface area contributed by atoms with Gasteiger partial charge in [-0.3, -0.25) is 9.59 Å². The highest BCUT2D eigenvalue weighted by Crippen LogP contribution is 2.31. The molecule has 1 aliphatic rings.